The van der Waals surface area contributed by atoms with E-state index in [1.165, 1.54) is 19.3 Å². The molecule has 4 nitrogen and oxygen atoms in total. The van der Waals surface area contributed by atoms with Crippen LogP contribution in [-0.4, -0.2) is 31.2 Å². The largest absolute Gasteiger partial charge is 0.373 e. The number of hydrogen-bond acceptors (Lipinski definition) is 3. The monoisotopic (exact) mass is 278 g/mol. The summed E-state index contributed by atoms with van der Waals surface area (Å²) in [5.74, 6) is 0.0394. The fraction of sp³-hybridized carbons (Fsp3) is 0.923. The standard InChI is InChI=1S/C13H26N2O2.ClH/c1-2-10-17-13(7-4-3-5-8-13)11-15-12(16)6-9-14;/h2-11,14H2,1H3,(H,15,16);1H. The van der Waals surface area contributed by atoms with Crippen molar-refractivity contribution in [1.82, 2.24) is 5.32 Å². The maximum Gasteiger partial charge on any atom is 0.221 e. The summed E-state index contributed by atoms with van der Waals surface area (Å²) in [6.45, 7) is 3.96. The molecule has 3 N–H and O–H groups in total. The lowest BCUT2D eigenvalue weighted by atomic mass is 9.84. The Labute approximate surface area is 116 Å². The molecule has 0 spiro atoms. The van der Waals surface area contributed by atoms with E-state index < -0.39 is 0 Å². The predicted octanol–water partition coefficient (Wildman–Crippen LogP) is 2.00. The van der Waals surface area contributed by atoms with Crippen molar-refractivity contribution in [2.24, 2.45) is 5.73 Å². The topological polar surface area (TPSA) is 64.3 Å². The van der Waals surface area contributed by atoms with E-state index in [0.717, 1.165) is 25.9 Å². The molecule has 108 valence electrons. The number of carbonyl (C=O) groups is 1. The van der Waals surface area contributed by atoms with Crippen molar-refractivity contribution in [1.29, 1.82) is 0 Å². The zero-order valence-electron chi connectivity index (χ0n) is 11.4. The van der Waals surface area contributed by atoms with Gasteiger partial charge in [-0.1, -0.05) is 26.2 Å². The van der Waals surface area contributed by atoms with E-state index in [-0.39, 0.29) is 23.9 Å². The summed E-state index contributed by atoms with van der Waals surface area (Å²) in [6, 6.07) is 0. The summed E-state index contributed by atoms with van der Waals surface area (Å²) < 4.78 is 6.00. The van der Waals surface area contributed by atoms with Crippen LogP contribution in [0.4, 0.5) is 0 Å². The molecule has 0 aromatic rings. The number of nitrogens with two attached hydrogens (primary N) is 1. The molecule has 1 aliphatic carbocycles. The minimum atomic E-state index is -0.113. The SMILES string of the molecule is CCCOC1(CNC(=O)CCN)CCCCC1.Cl. The van der Waals surface area contributed by atoms with Crippen LogP contribution in [0.2, 0.25) is 0 Å². The molecule has 1 fully saturated rings. The van der Waals surface area contributed by atoms with E-state index in [9.17, 15) is 4.79 Å². The third-order valence-corrected chi connectivity index (χ3v) is 3.36. The first-order valence-corrected chi connectivity index (χ1v) is 6.83. The minimum absolute atomic E-state index is 0. The molecule has 0 bridgehead atoms. The second kappa shape index (κ2) is 9.59. The van der Waals surface area contributed by atoms with Gasteiger partial charge in [0.2, 0.25) is 5.91 Å². The Morgan fingerprint density at radius 1 is 1.33 bits per heavy atom. The van der Waals surface area contributed by atoms with Crippen molar-refractivity contribution in [3.8, 4) is 0 Å². The number of ether oxygens (including phenoxy) is 1. The summed E-state index contributed by atoms with van der Waals surface area (Å²) in [5.41, 5.74) is 5.25. The molecule has 1 aliphatic rings. The van der Waals surface area contributed by atoms with Crippen LogP contribution in [0.1, 0.15) is 51.9 Å². The van der Waals surface area contributed by atoms with Gasteiger partial charge in [0.25, 0.3) is 0 Å². The van der Waals surface area contributed by atoms with Gasteiger partial charge in [-0.05, 0) is 19.3 Å². The lowest BCUT2D eigenvalue weighted by Gasteiger charge is -2.37. The molecule has 0 heterocycles. The summed E-state index contributed by atoms with van der Waals surface area (Å²) in [6.07, 6.45) is 7.26. The van der Waals surface area contributed by atoms with Gasteiger partial charge < -0.3 is 15.8 Å². The molecule has 0 atom stereocenters. The van der Waals surface area contributed by atoms with Crippen molar-refractivity contribution in [2.75, 3.05) is 19.7 Å². The highest BCUT2D eigenvalue weighted by atomic mass is 35.5. The Morgan fingerprint density at radius 3 is 2.56 bits per heavy atom. The average Bonchev–Trinajstić information content (AvgIpc) is 2.36. The summed E-state index contributed by atoms with van der Waals surface area (Å²) in [7, 11) is 0. The number of carbonyl (C=O) groups excluding carboxylic acids is 1. The molecule has 18 heavy (non-hydrogen) atoms. The first-order chi connectivity index (χ1) is 8.22. The third kappa shape index (κ3) is 6.03. The van der Waals surface area contributed by atoms with Crippen LogP contribution in [0, 0.1) is 0 Å². The van der Waals surface area contributed by atoms with E-state index in [1.807, 2.05) is 0 Å². The molecule has 0 unspecified atom stereocenters. The average molecular weight is 279 g/mol. The van der Waals surface area contributed by atoms with Gasteiger partial charge in [-0.2, -0.15) is 0 Å². The number of amides is 1. The highest BCUT2D eigenvalue weighted by molar-refractivity contribution is 5.85. The highest BCUT2D eigenvalue weighted by Gasteiger charge is 2.32. The molecule has 0 saturated heterocycles. The van der Waals surface area contributed by atoms with Gasteiger partial charge in [0.05, 0.1) is 5.60 Å². The number of hydrogen-bond donors (Lipinski definition) is 2. The van der Waals surface area contributed by atoms with Gasteiger partial charge >= 0.3 is 0 Å². The van der Waals surface area contributed by atoms with Crippen LogP contribution < -0.4 is 11.1 Å². The molecule has 5 heteroatoms. The number of halogens is 1. The van der Waals surface area contributed by atoms with Crippen LogP contribution in [0.3, 0.4) is 0 Å². The van der Waals surface area contributed by atoms with Gasteiger partial charge in [-0.25, -0.2) is 0 Å². The van der Waals surface area contributed by atoms with E-state index >= 15 is 0 Å². The minimum Gasteiger partial charge on any atom is -0.373 e. The molecular formula is C13H27ClN2O2. The van der Waals surface area contributed by atoms with Gasteiger partial charge in [0.1, 0.15) is 0 Å². The van der Waals surface area contributed by atoms with Crippen molar-refractivity contribution >= 4 is 18.3 Å². The van der Waals surface area contributed by atoms with Gasteiger partial charge in [0.15, 0.2) is 0 Å². The first-order valence-electron chi connectivity index (χ1n) is 6.83. The lowest BCUT2D eigenvalue weighted by Crippen LogP contribution is -2.46. The summed E-state index contributed by atoms with van der Waals surface area (Å²) >= 11 is 0. The molecule has 0 aromatic carbocycles. The molecular weight excluding hydrogens is 252 g/mol. The zero-order chi connectivity index (χ0) is 12.6. The summed E-state index contributed by atoms with van der Waals surface area (Å²) in [5, 5.41) is 2.96. The molecule has 1 saturated carbocycles. The lowest BCUT2D eigenvalue weighted by molar-refractivity contribution is -0.124. The van der Waals surface area contributed by atoms with Crippen LogP contribution in [0.15, 0.2) is 0 Å². The Hall–Kier alpha value is -0.320. The highest BCUT2D eigenvalue weighted by Crippen LogP contribution is 2.31. The van der Waals surface area contributed by atoms with Crippen LogP contribution in [0.5, 0.6) is 0 Å². The third-order valence-electron chi connectivity index (χ3n) is 3.36. The predicted molar refractivity (Wildman–Crippen MR) is 76.0 cm³/mol. The van der Waals surface area contributed by atoms with Crippen LogP contribution >= 0.6 is 12.4 Å². The van der Waals surface area contributed by atoms with Gasteiger partial charge in [0, 0.05) is 26.1 Å². The van der Waals surface area contributed by atoms with Gasteiger partial charge in [-0.15, -0.1) is 12.4 Å². The van der Waals surface area contributed by atoms with Crippen LogP contribution in [0.25, 0.3) is 0 Å². The Morgan fingerprint density at radius 2 is 2.00 bits per heavy atom. The van der Waals surface area contributed by atoms with E-state index in [4.69, 9.17) is 10.5 Å². The smallest absolute Gasteiger partial charge is 0.221 e. The Bertz CT molecular complexity index is 231. The van der Waals surface area contributed by atoms with E-state index in [0.29, 0.717) is 19.5 Å². The van der Waals surface area contributed by atoms with Crippen molar-refractivity contribution in [2.45, 2.75) is 57.5 Å². The van der Waals surface area contributed by atoms with Crippen molar-refractivity contribution in [3.63, 3.8) is 0 Å². The second-order valence-corrected chi connectivity index (χ2v) is 4.91. The maximum atomic E-state index is 11.5. The van der Waals surface area contributed by atoms with Gasteiger partial charge in [-0.3, -0.25) is 4.79 Å². The molecule has 1 amide bonds. The van der Waals surface area contributed by atoms with E-state index in [2.05, 4.69) is 12.2 Å². The fourth-order valence-corrected chi connectivity index (χ4v) is 2.37. The Kier molecular flexibility index (Phi) is 9.42. The van der Waals surface area contributed by atoms with Crippen molar-refractivity contribution < 1.29 is 9.53 Å². The number of nitrogens with one attached hydrogen (secondary N) is 1. The fourth-order valence-electron chi connectivity index (χ4n) is 2.37. The van der Waals surface area contributed by atoms with Crippen LogP contribution in [-0.2, 0) is 9.53 Å². The molecule has 0 radical (unpaired) electrons. The molecule has 1 rings (SSSR count). The van der Waals surface area contributed by atoms with E-state index in [1.54, 1.807) is 0 Å². The second-order valence-electron chi connectivity index (χ2n) is 4.91. The van der Waals surface area contributed by atoms with Crippen molar-refractivity contribution in [3.05, 3.63) is 0 Å². The summed E-state index contributed by atoms with van der Waals surface area (Å²) in [4.78, 5) is 11.5. The maximum absolute atomic E-state index is 11.5. The normalized spacial score (nSPS) is 17.9. The number of rotatable bonds is 7. The molecule has 0 aromatic heterocycles. The quantitative estimate of drug-likeness (QED) is 0.749. The Balaban J connectivity index is 0.00000289. The first kappa shape index (κ1) is 17.7. The zero-order valence-corrected chi connectivity index (χ0v) is 12.2. The molecule has 0 aliphatic heterocycles.